The minimum atomic E-state index is -2.17. The Kier molecular flexibility index (Phi) is 52.2. The normalized spacial score (nSPS) is 3.86. The Labute approximate surface area is 137 Å². The maximum Gasteiger partial charge on any atom is 2.00 e. The van der Waals surface area contributed by atoms with Gasteiger partial charge in [0.05, 0.1) is 0 Å². The van der Waals surface area contributed by atoms with E-state index in [0.29, 0.717) is 0 Å². The summed E-state index contributed by atoms with van der Waals surface area (Å²) in [6.45, 7) is 0. The van der Waals surface area contributed by atoms with Crippen molar-refractivity contribution in [3.8, 4) is 0 Å². The summed E-state index contributed by atoms with van der Waals surface area (Å²) < 4.78 is 0. The fraction of sp³-hybridized carbons (Fsp3) is 0. The SMILES string of the molecule is OB(O)O.[Eu].[H-].[H-].[H-].[Li+].[Sr+2]. The minimum absolute atomic E-state index is 0. The third kappa shape index (κ3) is 42.7. The van der Waals surface area contributed by atoms with Gasteiger partial charge in [-0.25, -0.2) is 0 Å². The summed E-state index contributed by atoms with van der Waals surface area (Å²) >= 11 is 0. The van der Waals surface area contributed by atoms with Gasteiger partial charge in [-0.15, -0.1) is 0 Å². The molecule has 0 amide bonds. The monoisotopic (exact) mass is 313 g/mol. The Balaban J connectivity index is -0.00000000300. The van der Waals surface area contributed by atoms with Crippen molar-refractivity contribution in [2.75, 3.05) is 0 Å². The molecular formula is H6BEuLiO3Sr. The maximum atomic E-state index is 7.17. The first-order chi connectivity index (χ1) is 1.73. The molecule has 0 aromatic heterocycles. The maximum absolute atomic E-state index is 7.17. The fourth-order valence-corrected chi connectivity index (χ4v) is 0. The molecule has 3 N–H and O–H groups in total. The molecule has 0 saturated carbocycles. The molecule has 0 aliphatic carbocycles. The molecule has 0 saturated heterocycles. The Bertz CT molecular complexity index is 28.5. The van der Waals surface area contributed by atoms with E-state index in [4.69, 9.17) is 15.1 Å². The average Bonchev–Trinajstić information content (AvgIpc) is 0.811. The van der Waals surface area contributed by atoms with Crippen LogP contribution < -0.4 is 18.9 Å². The van der Waals surface area contributed by atoms with Gasteiger partial charge >= 0.3 is 71.7 Å². The predicted molar refractivity (Wildman–Crippen MR) is 21.5 cm³/mol. The Morgan fingerprint density at radius 1 is 1.14 bits per heavy atom. The topological polar surface area (TPSA) is 60.7 Å². The van der Waals surface area contributed by atoms with E-state index < -0.39 is 7.32 Å². The van der Waals surface area contributed by atoms with Crippen LogP contribution in [0.4, 0.5) is 0 Å². The summed E-state index contributed by atoms with van der Waals surface area (Å²) in [6, 6.07) is 0. The van der Waals surface area contributed by atoms with E-state index in [1.807, 2.05) is 0 Å². The van der Waals surface area contributed by atoms with Crippen LogP contribution >= 0.6 is 0 Å². The van der Waals surface area contributed by atoms with Gasteiger partial charge in [-0.05, 0) is 0 Å². The molecule has 7 heteroatoms. The average molecular weight is 311 g/mol. The van der Waals surface area contributed by atoms with Crippen molar-refractivity contribution < 1.29 is 87.6 Å². The summed E-state index contributed by atoms with van der Waals surface area (Å²) in [5.41, 5.74) is 0. The number of rotatable bonds is 0. The minimum Gasteiger partial charge on any atom is -1.00 e. The molecule has 0 heterocycles. The number of hydrogen-bond donors (Lipinski definition) is 3. The van der Waals surface area contributed by atoms with Crippen LogP contribution in [0.2, 0.25) is 0 Å². The zero-order chi connectivity index (χ0) is 3.58. The van der Waals surface area contributed by atoms with Crippen LogP contribution in [-0.2, 0) is 0 Å². The standard InChI is InChI=1S/BH3O3.Eu.Li.Sr.3H/c2-1(3)4;;;;;;/h2-4H;;;;;;/q;;+1;+2;3*-1. The van der Waals surface area contributed by atoms with E-state index in [1.165, 1.54) is 0 Å². The molecule has 0 aromatic carbocycles. The zero-order valence-corrected chi connectivity index (χ0v) is 9.91. The van der Waals surface area contributed by atoms with Crippen LogP contribution in [0.3, 0.4) is 0 Å². The molecule has 0 unspecified atom stereocenters. The summed E-state index contributed by atoms with van der Waals surface area (Å²) in [5.74, 6) is 0. The second kappa shape index (κ2) is 16.3. The largest absolute Gasteiger partial charge is 2.00 e. The van der Waals surface area contributed by atoms with Crippen molar-refractivity contribution in [2.24, 2.45) is 0 Å². The van der Waals surface area contributed by atoms with Crippen LogP contribution in [0.25, 0.3) is 0 Å². The molecule has 3 nitrogen and oxygen atoms in total. The second-order valence-electron chi connectivity index (χ2n) is 0.346. The van der Waals surface area contributed by atoms with Gasteiger partial charge in [-0.2, -0.15) is 0 Å². The molecule has 0 spiro atoms. The molecule has 0 fully saturated rings. The van der Waals surface area contributed by atoms with Crippen molar-refractivity contribution in [1.29, 1.82) is 0 Å². The second-order valence-corrected chi connectivity index (χ2v) is 0.346. The molecule has 0 aliphatic heterocycles. The third-order valence-corrected chi connectivity index (χ3v) is 0. The smallest absolute Gasteiger partial charge is 1.00 e. The summed E-state index contributed by atoms with van der Waals surface area (Å²) in [4.78, 5) is 0. The van der Waals surface area contributed by atoms with E-state index in [-0.39, 0.29) is 118 Å². The van der Waals surface area contributed by atoms with Gasteiger partial charge in [0.2, 0.25) is 0 Å². The van der Waals surface area contributed by atoms with Gasteiger partial charge < -0.3 is 19.4 Å². The van der Waals surface area contributed by atoms with Crippen molar-refractivity contribution >= 4 is 52.8 Å². The first kappa shape index (κ1) is 22.4. The van der Waals surface area contributed by atoms with E-state index in [1.54, 1.807) is 0 Å². The van der Waals surface area contributed by atoms with Crippen LogP contribution in [0.1, 0.15) is 4.28 Å². The Hall–Kier alpha value is 3.61. The van der Waals surface area contributed by atoms with Crippen LogP contribution in [0.5, 0.6) is 0 Å². The van der Waals surface area contributed by atoms with Gasteiger partial charge in [0.25, 0.3) is 0 Å². The molecular weight excluding hydrogens is 305 g/mol. The number of hydrogen-bond acceptors (Lipinski definition) is 3. The van der Waals surface area contributed by atoms with E-state index in [2.05, 4.69) is 0 Å². The van der Waals surface area contributed by atoms with Crippen molar-refractivity contribution in [2.45, 2.75) is 0 Å². The molecule has 7 heavy (non-hydrogen) atoms. The van der Waals surface area contributed by atoms with Crippen LogP contribution in [-0.4, -0.2) is 67.9 Å². The Morgan fingerprint density at radius 2 is 1.14 bits per heavy atom. The van der Waals surface area contributed by atoms with Gasteiger partial charge in [0.15, 0.2) is 0 Å². The Morgan fingerprint density at radius 3 is 1.14 bits per heavy atom. The van der Waals surface area contributed by atoms with E-state index >= 15 is 0 Å². The molecule has 0 bridgehead atoms. The predicted octanol–water partition coefficient (Wildman–Crippen LogP) is -5.09. The fourth-order valence-electron chi connectivity index (χ4n) is 0. The molecule has 0 aliphatic rings. The van der Waals surface area contributed by atoms with Crippen LogP contribution in [0.15, 0.2) is 0 Å². The van der Waals surface area contributed by atoms with Gasteiger partial charge in [0.1, 0.15) is 0 Å². The van der Waals surface area contributed by atoms with E-state index in [9.17, 15) is 0 Å². The quantitative estimate of drug-likeness (QED) is 0.392. The van der Waals surface area contributed by atoms with Gasteiger partial charge in [-0.1, -0.05) is 0 Å². The summed E-state index contributed by atoms with van der Waals surface area (Å²) in [6.07, 6.45) is 0. The van der Waals surface area contributed by atoms with Crippen molar-refractivity contribution in [1.82, 2.24) is 0 Å². The van der Waals surface area contributed by atoms with Crippen LogP contribution in [0, 0.1) is 49.4 Å². The zero-order valence-electron chi connectivity index (χ0n) is 7.00. The van der Waals surface area contributed by atoms with Crippen molar-refractivity contribution in [3.63, 3.8) is 0 Å². The molecule has 0 aromatic rings. The van der Waals surface area contributed by atoms with Gasteiger partial charge in [-0.3, -0.25) is 0 Å². The molecule has 0 atom stereocenters. The molecule has 1 radical (unpaired) electrons. The first-order valence-electron chi connectivity index (χ1n) is 0.775. The third-order valence-electron chi connectivity index (χ3n) is 0. The summed E-state index contributed by atoms with van der Waals surface area (Å²) in [5, 5.41) is 21.5. The van der Waals surface area contributed by atoms with E-state index in [0.717, 1.165) is 0 Å². The van der Waals surface area contributed by atoms with Gasteiger partial charge in [0, 0.05) is 49.4 Å². The first-order valence-corrected chi connectivity index (χ1v) is 0.775. The summed E-state index contributed by atoms with van der Waals surface area (Å²) in [7, 11) is -2.17. The molecule has 37 valence electrons. The molecule has 0 rings (SSSR count). The van der Waals surface area contributed by atoms with Crippen molar-refractivity contribution in [3.05, 3.63) is 0 Å².